The number of methoxy groups -OCH3 is 1. The molecule has 3 heterocycles. The standard InChI is InChI=1S/C20H17BrF3N3O4S2/c1-31-19(28)14-11-32-18-15(20(22,23)24)10-16(25-17(14)18)26-6-8-27(9-7-26)33(29,30)13-4-2-12(21)3-5-13/h2-5,10-11H,6-9H2,1H3. The van der Waals surface area contributed by atoms with Crippen LogP contribution >= 0.6 is 27.3 Å². The second kappa shape index (κ2) is 8.85. The van der Waals surface area contributed by atoms with E-state index in [1.54, 1.807) is 17.0 Å². The summed E-state index contributed by atoms with van der Waals surface area (Å²) in [4.78, 5) is 18.1. The molecular formula is C20H17BrF3N3O4S2. The molecule has 4 rings (SSSR count). The Morgan fingerprint density at radius 3 is 2.36 bits per heavy atom. The number of aromatic nitrogens is 1. The van der Waals surface area contributed by atoms with E-state index in [1.807, 2.05) is 0 Å². The molecule has 0 radical (unpaired) electrons. The minimum Gasteiger partial charge on any atom is -0.465 e. The number of thiophene rings is 1. The van der Waals surface area contributed by atoms with E-state index in [1.165, 1.54) is 21.8 Å². The summed E-state index contributed by atoms with van der Waals surface area (Å²) in [6, 6.07) is 7.17. The van der Waals surface area contributed by atoms with Crippen LogP contribution in [0.25, 0.3) is 10.2 Å². The number of benzene rings is 1. The van der Waals surface area contributed by atoms with Gasteiger partial charge in [-0.15, -0.1) is 11.3 Å². The maximum absolute atomic E-state index is 13.7. The van der Waals surface area contributed by atoms with Gasteiger partial charge in [0.05, 0.1) is 33.3 Å². The number of ether oxygens (including phenoxy) is 1. The van der Waals surface area contributed by atoms with E-state index >= 15 is 0 Å². The number of sulfonamides is 1. The highest BCUT2D eigenvalue weighted by molar-refractivity contribution is 9.10. The number of halogens is 4. The Morgan fingerprint density at radius 2 is 1.79 bits per heavy atom. The molecule has 0 atom stereocenters. The number of piperazine rings is 1. The summed E-state index contributed by atoms with van der Waals surface area (Å²) in [5, 5.41) is 1.30. The zero-order valence-corrected chi connectivity index (χ0v) is 20.3. The Kier molecular flexibility index (Phi) is 6.42. The van der Waals surface area contributed by atoms with E-state index in [0.29, 0.717) is 0 Å². The summed E-state index contributed by atoms with van der Waals surface area (Å²) >= 11 is 4.04. The van der Waals surface area contributed by atoms with Gasteiger partial charge in [0, 0.05) is 36.0 Å². The van der Waals surface area contributed by atoms with E-state index in [2.05, 4.69) is 25.7 Å². The van der Waals surface area contributed by atoms with Crippen LogP contribution in [-0.2, 0) is 20.9 Å². The average Bonchev–Trinajstić information content (AvgIpc) is 3.21. The van der Waals surface area contributed by atoms with E-state index in [4.69, 9.17) is 0 Å². The van der Waals surface area contributed by atoms with Gasteiger partial charge in [0.2, 0.25) is 10.0 Å². The Morgan fingerprint density at radius 1 is 1.15 bits per heavy atom. The second-order valence-corrected chi connectivity index (χ2v) is 10.9. The van der Waals surface area contributed by atoms with Gasteiger partial charge in [-0.05, 0) is 30.3 Å². The number of rotatable bonds is 4. The van der Waals surface area contributed by atoms with Crippen LogP contribution in [0.4, 0.5) is 19.0 Å². The van der Waals surface area contributed by atoms with E-state index in [-0.39, 0.29) is 52.7 Å². The van der Waals surface area contributed by atoms with Crippen molar-refractivity contribution in [2.45, 2.75) is 11.1 Å². The Balaban J connectivity index is 1.64. The van der Waals surface area contributed by atoms with Crippen molar-refractivity contribution >= 4 is 59.3 Å². The Hall–Kier alpha value is -2.22. The molecule has 176 valence electrons. The highest BCUT2D eigenvalue weighted by Gasteiger charge is 2.37. The molecule has 33 heavy (non-hydrogen) atoms. The molecule has 0 amide bonds. The van der Waals surface area contributed by atoms with Gasteiger partial charge in [-0.3, -0.25) is 0 Å². The summed E-state index contributed by atoms with van der Waals surface area (Å²) in [6.45, 7) is 0.437. The smallest absolute Gasteiger partial charge is 0.417 e. The molecule has 3 aromatic rings. The molecule has 1 saturated heterocycles. The Bertz CT molecular complexity index is 1300. The van der Waals surface area contributed by atoms with Crippen molar-refractivity contribution in [3.8, 4) is 0 Å². The maximum atomic E-state index is 13.7. The van der Waals surface area contributed by atoms with Crippen molar-refractivity contribution in [2.24, 2.45) is 0 Å². The van der Waals surface area contributed by atoms with Gasteiger partial charge in [0.15, 0.2) is 0 Å². The van der Waals surface area contributed by atoms with Gasteiger partial charge in [-0.25, -0.2) is 18.2 Å². The number of fused-ring (bicyclic) bond motifs is 1. The third-order valence-electron chi connectivity index (χ3n) is 5.23. The van der Waals surface area contributed by atoms with Crippen molar-refractivity contribution in [1.29, 1.82) is 0 Å². The number of hydrogen-bond acceptors (Lipinski definition) is 7. The molecule has 0 N–H and O–H groups in total. The van der Waals surface area contributed by atoms with E-state index < -0.39 is 27.7 Å². The predicted octanol–water partition coefficient (Wildman–Crippen LogP) is 4.38. The molecule has 2 aromatic heterocycles. The minimum atomic E-state index is -4.65. The lowest BCUT2D eigenvalue weighted by Crippen LogP contribution is -2.49. The van der Waals surface area contributed by atoms with Crippen molar-refractivity contribution in [3.63, 3.8) is 0 Å². The normalized spacial score (nSPS) is 15.7. The van der Waals surface area contributed by atoms with Crippen LogP contribution in [0.2, 0.25) is 0 Å². The first kappa shape index (κ1) is 23.9. The summed E-state index contributed by atoms with van der Waals surface area (Å²) in [6.07, 6.45) is -4.65. The molecule has 13 heteroatoms. The topological polar surface area (TPSA) is 79.8 Å². The molecule has 0 aliphatic carbocycles. The lowest BCUT2D eigenvalue weighted by atomic mass is 10.1. The van der Waals surface area contributed by atoms with Crippen molar-refractivity contribution in [2.75, 3.05) is 38.2 Å². The number of pyridine rings is 1. The predicted molar refractivity (Wildman–Crippen MR) is 121 cm³/mol. The van der Waals surface area contributed by atoms with Crippen LogP contribution in [0.15, 0.2) is 45.1 Å². The monoisotopic (exact) mass is 563 g/mol. The maximum Gasteiger partial charge on any atom is 0.417 e. The SMILES string of the molecule is COC(=O)c1csc2c(C(F)(F)F)cc(N3CCN(S(=O)(=O)c4ccc(Br)cc4)CC3)nc12. The molecule has 0 bridgehead atoms. The van der Waals surface area contributed by atoms with Gasteiger partial charge >= 0.3 is 12.1 Å². The van der Waals surface area contributed by atoms with Crippen molar-refractivity contribution < 1.29 is 31.1 Å². The van der Waals surface area contributed by atoms with Crippen LogP contribution in [0.3, 0.4) is 0 Å². The van der Waals surface area contributed by atoms with Gasteiger partial charge in [0.25, 0.3) is 0 Å². The summed E-state index contributed by atoms with van der Waals surface area (Å²) in [5.41, 5.74) is -1.02. The van der Waals surface area contributed by atoms with Gasteiger partial charge in [-0.1, -0.05) is 15.9 Å². The largest absolute Gasteiger partial charge is 0.465 e. The first-order valence-corrected chi connectivity index (χ1v) is 12.7. The van der Waals surface area contributed by atoms with Crippen molar-refractivity contribution in [3.05, 3.63) is 51.3 Å². The fourth-order valence-electron chi connectivity index (χ4n) is 3.54. The number of hydrogen-bond donors (Lipinski definition) is 0. The van der Waals surface area contributed by atoms with Crippen LogP contribution in [-0.4, -0.2) is 57.0 Å². The molecule has 0 saturated carbocycles. The zero-order chi connectivity index (χ0) is 24.0. The highest BCUT2D eigenvalue weighted by atomic mass is 79.9. The number of carbonyl (C=O) groups is 1. The van der Waals surface area contributed by atoms with Crippen LogP contribution in [0.1, 0.15) is 15.9 Å². The summed E-state index contributed by atoms with van der Waals surface area (Å²) < 4.78 is 73.6. The molecule has 1 aromatic carbocycles. The minimum absolute atomic E-state index is 0.0269. The molecular weight excluding hydrogens is 547 g/mol. The number of esters is 1. The van der Waals surface area contributed by atoms with Crippen LogP contribution in [0, 0.1) is 0 Å². The molecule has 1 fully saturated rings. The van der Waals surface area contributed by atoms with Crippen molar-refractivity contribution in [1.82, 2.24) is 9.29 Å². The fourth-order valence-corrected chi connectivity index (χ4v) is 6.23. The number of carbonyl (C=O) groups excluding carboxylic acids is 1. The van der Waals surface area contributed by atoms with Gasteiger partial charge < -0.3 is 9.64 Å². The third kappa shape index (κ3) is 4.59. The molecule has 1 aliphatic heterocycles. The quantitative estimate of drug-likeness (QED) is 0.438. The lowest BCUT2D eigenvalue weighted by Gasteiger charge is -2.35. The average molecular weight is 564 g/mol. The third-order valence-corrected chi connectivity index (χ3v) is 8.68. The first-order valence-electron chi connectivity index (χ1n) is 9.61. The summed E-state index contributed by atoms with van der Waals surface area (Å²) in [7, 11) is -2.59. The molecule has 7 nitrogen and oxygen atoms in total. The first-order chi connectivity index (χ1) is 15.5. The van der Waals surface area contributed by atoms with Gasteiger partial charge in [-0.2, -0.15) is 17.5 Å². The number of alkyl halides is 3. The van der Waals surface area contributed by atoms with Gasteiger partial charge in [0.1, 0.15) is 5.82 Å². The fraction of sp³-hybridized carbons (Fsp3) is 0.300. The van der Waals surface area contributed by atoms with Crippen LogP contribution < -0.4 is 4.90 Å². The summed E-state index contributed by atoms with van der Waals surface area (Å²) in [5.74, 6) is -0.747. The lowest BCUT2D eigenvalue weighted by molar-refractivity contribution is -0.136. The molecule has 0 spiro atoms. The number of anilines is 1. The highest BCUT2D eigenvalue weighted by Crippen LogP contribution is 2.40. The number of nitrogens with zero attached hydrogens (tertiary/aromatic N) is 3. The zero-order valence-electron chi connectivity index (χ0n) is 17.1. The van der Waals surface area contributed by atoms with E-state index in [9.17, 15) is 26.4 Å². The Labute approximate surface area is 199 Å². The van der Waals surface area contributed by atoms with E-state index in [0.717, 1.165) is 29.0 Å². The molecule has 0 unspecified atom stereocenters. The van der Waals surface area contributed by atoms with Crippen LogP contribution in [0.5, 0.6) is 0 Å². The molecule has 1 aliphatic rings. The second-order valence-electron chi connectivity index (χ2n) is 7.19.